The van der Waals surface area contributed by atoms with Crippen LogP contribution in [-0.4, -0.2) is 25.0 Å². The Kier molecular flexibility index (Phi) is 4.57. The molecule has 1 saturated carbocycles. The molecule has 1 aromatic carbocycles. The van der Waals surface area contributed by atoms with Gasteiger partial charge in [0, 0.05) is 19.1 Å². The van der Waals surface area contributed by atoms with Gasteiger partial charge in [-0.1, -0.05) is 43.2 Å². The van der Waals surface area contributed by atoms with Crippen molar-refractivity contribution in [2.24, 2.45) is 11.7 Å². The van der Waals surface area contributed by atoms with Gasteiger partial charge in [-0.15, -0.1) is 0 Å². The van der Waals surface area contributed by atoms with Crippen LogP contribution < -0.4 is 5.73 Å². The maximum Gasteiger partial charge on any atom is 0.0467 e. The standard InChI is InChI=1S/C15H24N2/c1-17(12-13-7-5-6-8-13)15(11-16)14-9-3-2-4-10-14/h2-4,9-10,13,15H,5-8,11-12,16H2,1H3. The van der Waals surface area contributed by atoms with Gasteiger partial charge in [0.15, 0.2) is 0 Å². The van der Waals surface area contributed by atoms with Crippen LogP contribution in [0.4, 0.5) is 0 Å². The van der Waals surface area contributed by atoms with Crippen LogP contribution in [0.5, 0.6) is 0 Å². The number of nitrogens with zero attached hydrogens (tertiary/aromatic N) is 1. The Labute approximate surface area is 105 Å². The summed E-state index contributed by atoms with van der Waals surface area (Å²) >= 11 is 0. The largest absolute Gasteiger partial charge is 0.329 e. The van der Waals surface area contributed by atoms with E-state index in [9.17, 15) is 0 Å². The van der Waals surface area contributed by atoms with E-state index in [0.29, 0.717) is 12.6 Å². The normalized spacial score (nSPS) is 18.8. The summed E-state index contributed by atoms with van der Waals surface area (Å²) < 4.78 is 0. The SMILES string of the molecule is CN(CC1CCCC1)C(CN)c1ccccc1. The van der Waals surface area contributed by atoms with Gasteiger partial charge >= 0.3 is 0 Å². The Bertz CT molecular complexity index is 317. The molecule has 0 aromatic heterocycles. The van der Waals surface area contributed by atoms with E-state index in [1.165, 1.54) is 37.8 Å². The molecule has 2 N–H and O–H groups in total. The zero-order valence-electron chi connectivity index (χ0n) is 10.8. The maximum atomic E-state index is 5.94. The van der Waals surface area contributed by atoms with Gasteiger partial charge in [0.2, 0.25) is 0 Å². The van der Waals surface area contributed by atoms with E-state index in [-0.39, 0.29) is 0 Å². The van der Waals surface area contributed by atoms with Gasteiger partial charge in [-0.2, -0.15) is 0 Å². The summed E-state index contributed by atoms with van der Waals surface area (Å²) in [7, 11) is 2.21. The van der Waals surface area contributed by atoms with Gasteiger partial charge < -0.3 is 5.73 Å². The topological polar surface area (TPSA) is 29.3 Å². The predicted molar refractivity (Wildman–Crippen MR) is 72.8 cm³/mol. The molecule has 0 saturated heterocycles. The van der Waals surface area contributed by atoms with Crippen molar-refractivity contribution in [3.05, 3.63) is 35.9 Å². The molecule has 94 valence electrons. The van der Waals surface area contributed by atoms with E-state index in [1.807, 2.05) is 0 Å². The third-order valence-electron chi connectivity index (χ3n) is 3.96. The second-order valence-electron chi connectivity index (χ2n) is 5.25. The third-order valence-corrected chi connectivity index (χ3v) is 3.96. The van der Waals surface area contributed by atoms with Gasteiger partial charge in [0.25, 0.3) is 0 Å². The van der Waals surface area contributed by atoms with Crippen LogP contribution in [0.3, 0.4) is 0 Å². The molecule has 1 unspecified atom stereocenters. The molecule has 0 radical (unpaired) electrons. The first-order valence-corrected chi connectivity index (χ1v) is 6.76. The molecule has 0 amide bonds. The summed E-state index contributed by atoms with van der Waals surface area (Å²) in [6.07, 6.45) is 5.63. The number of hydrogen-bond acceptors (Lipinski definition) is 2. The number of nitrogens with two attached hydrogens (primary N) is 1. The summed E-state index contributed by atoms with van der Waals surface area (Å²) in [6, 6.07) is 11.0. The molecule has 0 aliphatic heterocycles. The Morgan fingerprint density at radius 1 is 1.24 bits per heavy atom. The van der Waals surface area contributed by atoms with Crippen molar-refractivity contribution < 1.29 is 0 Å². The number of likely N-dealkylation sites (N-methyl/N-ethyl adjacent to an activating group) is 1. The lowest BCUT2D eigenvalue weighted by molar-refractivity contribution is 0.212. The third kappa shape index (κ3) is 3.30. The van der Waals surface area contributed by atoms with Gasteiger partial charge in [0.1, 0.15) is 0 Å². The van der Waals surface area contributed by atoms with Crippen LogP contribution in [0.1, 0.15) is 37.3 Å². The fraction of sp³-hybridized carbons (Fsp3) is 0.600. The van der Waals surface area contributed by atoms with Crippen molar-refractivity contribution in [2.75, 3.05) is 20.1 Å². The molecule has 0 heterocycles. The highest BCUT2D eigenvalue weighted by Crippen LogP contribution is 2.27. The smallest absolute Gasteiger partial charge is 0.0467 e. The van der Waals surface area contributed by atoms with Gasteiger partial charge in [0.05, 0.1) is 0 Å². The minimum Gasteiger partial charge on any atom is -0.329 e. The molecule has 0 spiro atoms. The second-order valence-corrected chi connectivity index (χ2v) is 5.25. The summed E-state index contributed by atoms with van der Waals surface area (Å²) in [5, 5.41) is 0. The van der Waals surface area contributed by atoms with Crippen LogP contribution >= 0.6 is 0 Å². The molecule has 2 nitrogen and oxygen atoms in total. The molecule has 0 bridgehead atoms. The molecular weight excluding hydrogens is 208 g/mol. The first kappa shape index (κ1) is 12.6. The van der Waals surface area contributed by atoms with E-state index in [0.717, 1.165) is 5.92 Å². The maximum absolute atomic E-state index is 5.94. The lowest BCUT2D eigenvalue weighted by Gasteiger charge is -2.29. The lowest BCUT2D eigenvalue weighted by atomic mass is 10.0. The van der Waals surface area contributed by atoms with Crippen molar-refractivity contribution in [3.63, 3.8) is 0 Å². The van der Waals surface area contributed by atoms with E-state index in [2.05, 4.69) is 42.3 Å². The molecule has 2 rings (SSSR count). The average Bonchev–Trinajstić information content (AvgIpc) is 2.84. The molecular formula is C15H24N2. The van der Waals surface area contributed by atoms with Crippen LogP contribution in [0, 0.1) is 5.92 Å². The number of benzene rings is 1. The van der Waals surface area contributed by atoms with E-state index >= 15 is 0 Å². The average molecular weight is 232 g/mol. The lowest BCUT2D eigenvalue weighted by Crippen LogP contribution is -2.33. The van der Waals surface area contributed by atoms with Crippen LogP contribution in [0.2, 0.25) is 0 Å². The van der Waals surface area contributed by atoms with Gasteiger partial charge in [-0.25, -0.2) is 0 Å². The molecule has 2 heteroatoms. The van der Waals surface area contributed by atoms with Crippen molar-refractivity contribution >= 4 is 0 Å². The molecule has 1 aromatic rings. The summed E-state index contributed by atoms with van der Waals surface area (Å²) in [4.78, 5) is 2.44. The van der Waals surface area contributed by atoms with Crippen molar-refractivity contribution in [1.29, 1.82) is 0 Å². The number of rotatable bonds is 5. The molecule has 17 heavy (non-hydrogen) atoms. The van der Waals surface area contributed by atoms with E-state index in [1.54, 1.807) is 0 Å². The van der Waals surface area contributed by atoms with Crippen molar-refractivity contribution in [2.45, 2.75) is 31.7 Å². The second kappa shape index (κ2) is 6.18. The summed E-state index contributed by atoms with van der Waals surface area (Å²) in [6.45, 7) is 1.89. The van der Waals surface area contributed by atoms with Crippen LogP contribution in [-0.2, 0) is 0 Å². The molecule has 1 atom stereocenters. The van der Waals surface area contributed by atoms with Crippen LogP contribution in [0.15, 0.2) is 30.3 Å². The Hall–Kier alpha value is -0.860. The fourth-order valence-electron chi connectivity index (χ4n) is 2.97. The Morgan fingerprint density at radius 2 is 1.88 bits per heavy atom. The highest BCUT2D eigenvalue weighted by Gasteiger charge is 2.21. The zero-order valence-corrected chi connectivity index (χ0v) is 10.8. The van der Waals surface area contributed by atoms with E-state index < -0.39 is 0 Å². The highest BCUT2D eigenvalue weighted by molar-refractivity contribution is 5.19. The Balaban J connectivity index is 1.97. The first-order valence-electron chi connectivity index (χ1n) is 6.76. The minimum absolute atomic E-state index is 0.372. The monoisotopic (exact) mass is 232 g/mol. The number of hydrogen-bond donors (Lipinski definition) is 1. The van der Waals surface area contributed by atoms with E-state index in [4.69, 9.17) is 5.73 Å². The molecule has 1 fully saturated rings. The molecule has 1 aliphatic carbocycles. The first-order chi connectivity index (χ1) is 8.31. The Morgan fingerprint density at radius 3 is 2.47 bits per heavy atom. The fourth-order valence-corrected chi connectivity index (χ4v) is 2.97. The predicted octanol–water partition coefficient (Wildman–Crippen LogP) is 2.81. The van der Waals surface area contributed by atoms with Gasteiger partial charge in [-0.05, 0) is 31.4 Å². The highest BCUT2D eigenvalue weighted by atomic mass is 15.1. The van der Waals surface area contributed by atoms with Gasteiger partial charge in [-0.3, -0.25) is 4.90 Å². The zero-order chi connectivity index (χ0) is 12.1. The molecule has 1 aliphatic rings. The summed E-state index contributed by atoms with van der Waals surface area (Å²) in [5.41, 5.74) is 7.28. The summed E-state index contributed by atoms with van der Waals surface area (Å²) in [5.74, 6) is 0.887. The van der Waals surface area contributed by atoms with Crippen molar-refractivity contribution in [1.82, 2.24) is 4.90 Å². The van der Waals surface area contributed by atoms with Crippen molar-refractivity contribution in [3.8, 4) is 0 Å². The minimum atomic E-state index is 0.372. The van der Waals surface area contributed by atoms with Crippen LogP contribution in [0.25, 0.3) is 0 Å². The quantitative estimate of drug-likeness (QED) is 0.846.